The normalized spacial score (nSPS) is 10.5. The van der Waals surface area contributed by atoms with Gasteiger partial charge in [-0.1, -0.05) is 41.4 Å². The third-order valence-electron chi connectivity index (χ3n) is 2.92. The number of nitrogens with two attached hydrogens (primary N) is 1. The Morgan fingerprint density at radius 3 is 2.41 bits per heavy atom. The molecule has 0 radical (unpaired) electrons. The molecule has 2 aromatic carbocycles. The number of nitrogen functional groups attached to an aromatic ring is 1. The summed E-state index contributed by atoms with van der Waals surface area (Å²) in [5.74, 6) is 0.825. The molecule has 2 rings (SSSR count). The van der Waals surface area contributed by atoms with Crippen LogP contribution < -0.4 is 11.1 Å². The minimum atomic E-state index is -0.0643. The number of carbonyl (C=O) groups is 1. The van der Waals surface area contributed by atoms with Crippen molar-refractivity contribution in [2.75, 3.05) is 16.8 Å². The van der Waals surface area contributed by atoms with Gasteiger partial charge in [-0.15, -0.1) is 11.8 Å². The van der Waals surface area contributed by atoms with Crippen molar-refractivity contribution >= 4 is 52.2 Å². The zero-order valence-electron chi connectivity index (χ0n) is 11.8. The van der Waals surface area contributed by atoms with E-state index in [2.05, 4.69) is 17.4 Å². The molecular weight excluding hydrogens is 339 g/mol. The first-order chi connectivity index (χ1) is 10.6. The Labute approximate surface area is 144 Å². The predicted octanol–water partition coefficient (Wildman–Crippen LogP) is 5.09. The summed E-state index contributed by atoms with van der Waals surface area (Å²) >= 11 is 13.6. The molecule has 0 bridgehead atoms. The van der Waals surface area contributed by atoms with Crippen molar-refractivity contribution in [3.8, 4) is 0 Å². The molecule has 0 unspecified atom stereocenters. The predicted molar refractivity (Wildman–Crippen MR) is 95.9 cm³/mol. The number of carbonyl (C=O) groups excluding carboxylic acids is 1. The van der Waals surface area contributed by atoms with Gasteiger partial charge in [-0.2, -0.15) is 0 Å². The van der Waals surface area contributed by atoms with Gasteiger partial charge in [-0.3, -0.25) is 4.79 Å². The molecule has 3 nitrogen and oxygen atoms in total. The first-order valence-corrected chi connectivity index (χ1v) is 8.52. The van der Waals surface area contributed by atoms with Crippen molar-refractivity contribution in [1.82, 2.24) is 0 Å². The topological polar surface area (TPSA) is 55.1 Å². The van der Waals surface area contributed by atoms with Gasteiger partial charge >= 0.3 is 0 Å². The largest absolute Gasteiger partial charge is 0.396 e. The molecule has 22 heavy (non-hydrogen) atoms. The third-order valence-corrected chi connectivity index (χ3v) is 4.65. The Kier molecular flexibility index (Phi) is 6.43. The number of benzene rings is 2. The number of amides is 1. The van der Waals surface area contributed by atoms with Gasteiger partial charge in [0.1, 0.15) is 0 Å². The molecule has 0 aromatic heterocycles. The smallest absolute Gasteiger partial charge is 0.224 e. The fourth-order valence-corrected chi connectivity index (χ4v) is 3.18. The summed E-state index contributed by atoms with van der Waals surface area (Å²) < 4.78 is 0. The minimum Gasteiger partial charge on any atom is -0.396 e. The Hall–Kier alpha value is -1.36. The summed E-state index contributed by atoms with van der Waals surface area (Å²) in [6, 6.07) is 13.3. The van der Waals surface area contributed by atoms with E-state index in [1.165, 1.54) is 4.90 Å². The number of thioether (sulfide) groups is 1. The average Bonchev–Trinajstić information content (AvgIpc) is 2.50. The first-order valence-electron chi connectivity index (χ1n) is 6.78. The van der Waals surface area contributed by atoms with E-state index >= 15 is 0 Å². The second-order valence-electron chi connectivity index (χ2n) is 4.67. The van der Waals surface area contributed by atoms with Crippen LogP contribution in [0.2, 0.25) is 10.0 Å². The van der Waals surface area contributed by atoms with Gasteiger partial charge in [0.15, 0.2) is 0 Å². The van der Waals surface area contributed by atoms with E-state index in [-0.39, 0.29) is 5.91 Å². The molecule has 0 atom stereocenters. The van der Waals surface area contributed by atoms with Crippen LogP contribution in [-0.4, -0.2) is 11.7 Å². The molecule has 116 valence electrons. The van der Waals surface area contributed by atoms with Crippen LogP contribution in [0.1, 0.15) is 12.8 Å². The first kappa shape index (κ1) is 17.0. The van der Waals surface area contributed by atoms with Crippen molar-refractivity contribution in [2.45, 2.75) is 17.7 Å². The Morgan fingerprint density at radius 1 is 1.14 bits per heavy atom. The summed E-state index contributed by atoms with van der Waals surface area (Å²) in [7, 11) is 0. The molecule has 0 saturated heterocycles. The maximum absolute atomic E-state index is 11.9. The number of hydrogen-bond acceptors (Lipinski definition) is 3. The number of halogens is 2. The van der Waals surface area contributed by atoms with Crippen LogP contribution in [0.15, 0.2) is 47.4 Å². The molecule has 0 aliphatic heterocycles. The van der Waals surface area contributed by atoms with E-state index < -0.39 is 0 Å². The van der Waals surface area contributed by atoms with Crippen LogP contribution in [0.4, 0.5) is 11.4 Å². The van der Waals surface area contributed by atoms with Crippen molar-refractivity contribution < 1.29 is 4.79 Å². The lowest BCUT2D eigenvalue weighted by Crippen LogP contribution is -2.11. The van der Waals surface area contributed by atoms with Crippen LogP contribution in [0.25, 0.3) is 0 Å². The van der Waals surface area contributed by atoms with Gasteiger partial charge < -0.3 is 11.1 Å². The lowest BCUT2D eigenvalue weighted by Gasteiger charge is -2.08. The number of nitrogens with one attached hydrogen (secondary N) is 1. The van der Waals surface area contributed by atoms with Gasteiger partial charge in [-0.05, 0) is 36.4 Å². The van der Waals surface area contributed by atoms with E-state index in [9.17, 15) is 4.79 Å². The van der Waals surface area contributed by atoms with Crippen LogP contribution in [0.5, 0.6) is 0 Å². The van der Waals surface area contributed by atoms with E-state index in [0.29, 0.717) is 27.8 Å². The highest BCUT2D eigenvalue weighted by molar-refractivity contribution is 7.99. The number of hydrogen-bond donors (Lipinski definition) is 2. The van der Waals surface area contributed by atoms with Gasteiger partial charge in [0.05, 0.1) is 15.7 Å². The van der Waals surface area contributed by atoms with E-state index in [0.717, 1.165) is 12.2 Å². The molecule has 0 aliphatic rings. The zero-order valence-corrected chi connectivity index (χ0v) is 14.1. The van der Waals surface area contributed by atoms with Gasteiger partial charge in [0, 0.05) is 17.0 Å². The SMILES string of the molecule is Nc1c(Cl)cc(NC(=O)CCCSc2ccccc2)cc1Cl. The summed E-state index contributed by atoms with van der Waals surface area (Å²) in [5, 5.41) is 3.45. The van der Waals surface area contributed by atoms with Crippen LogP contribution in [-0.2, 0) is 4.79 Å². The maximum Gasteiger partial charge on any atom is 0.224 e. The molecule has 1 amide bonds. The standard InChI is InChI=1S/C16H16Cl2N2OS/c17-13-9-11(10-14(18)16(13)19)20-15(21)7-4-8-22-12-5-2-1-3-6-12/h1-3,5-6,9-10H,4,7-8,19H2,(H,20,21). The van der Waals surface area contributed by atoms with Gasteiger partial charge in [0.2, 0.25) is 5.91 Å². The maximum atomic E-state index is 11.9. The summed E-state index contributed by atoms with van der Waals surface area (Å²) in [6.07, 6.45) is 1.24. The average molecular weight is 355 g/mol. The van der Waals surface area contributed by atoms with Crippen molar-refractivity contribution in [3.63, 3.8) is 0 Å². The molecule has 6 heteroatoms. The summed E-state index contributed by atoms with van der Waals surface area (Å²) in [4.78, 5) is 13.1. The second-order valence-corrected chi connectivity index (χ2v) is 6.65. The fraction of sp³-hybridized carbons (Fsp3) is 0.188. The lowest BCUT2D eigenvalue weighted by atomic mass is 10.2. The van der Waals surface area contributed by atoms with E-state index in [1.54, 1.807) is 23.9 Å². The zero-order chi connectivity index (χ0) is 15.9. The fourth-order valence-electron chi connectivity index (χ4n) is 1.82. The Balaban J connectivity index is 1.76. The summed E-state index contributed by atoms with van der Waals surface area (Å²) in [6.45, 7) is 0. The lowest BCUT2D eigenvalue weighted by molar-refractivity contribution is -0.116. The molecule has 3 N–H and O–H groups in total. The molecular formula is C16H16Cl2N2OS. The quantitative estimate of drug-likeness (QED) is 0.431. The highest BCUT2D eigenvalue weighted by atomic mass is 35.5. The monoisotopic (exact) mass is 354 g/mol. The van der Waals surface area contributed by atoms with Crippen molar-refractivity contribution in [3.05, 3.63) is 52.5 Å². The van der Waals surface area contributed by atoms with E-state index in [1.807, 2.05) is 18.2 Å². The van der Waals surface area contributed by atoms with Crippen molar-refractivity contribution in [1.29, 1.82) is 0 Å². The highest BCUT2D eigenvalue weighted by Gasteiger charge is 2.08. The van der Waals surface area contributed by atoms with Crippen molar-refractivity contribution in [2.24, 2.45) is 0 Å². The second kappa shape index (κ2) is 8.32. The van der Waals surface area contributed by atoms with Gasteiger partial charge in [0.25, 0.3) is 0 Å². The van der Waals surface area contributed by atoms with Crippen LogP contribution in [0.3, 0.4) is 0 Å². The molecule has 0 aliphatic carbocycles. The number of anilines is 2. The minimum absolute atomic E-state index is 0.0643. The van der Waals surface area contributed by atoms with Gasteiger partial charge in [-0.25, -0.2) is 0 Å². The molecule has 0 heterocycles. The highest BCUT2D eigenvalue weighted by Crippen LogP contribution is 2.31. The Morgan fingerprint density at radius 2 is 1.77 bits per heavy atom. The van der Waals surface area contributed by atoms with Crippen LogP contribution in [0, 0.1) is 0 Å². The molecule has 0 spiro atoms. The summed E-state index contributed by atoms with van der Waals surface area (Å²) in [5.41, 5.74) is 6.54. The molecule has 0 saturated carbocycles. The Bertz CT molecular complexity index is 627. The van der Waals surface area contributed by atoms with Crippen LogP contribution >= 0.6 is 35.0 Å². The molecule has 0 fully saturated rings. The molecule has 2 aromatic rings. The van der Waals surface area contributed by atoms with E-state index in [4.69, 9.17) is 28.9 Å². The number of rotatable bonds is 6. The third kappa shape index (κ3) is 5.13.